The highest BCUT2D eigenvalue weighted by Crippen LogP contribution is 2.07. The van der Waals surface area contributed by atoms with Gasteiger partial charge in [0.2, 0.25) is 0 Å². The first-order valence-electron chi connectivity index (χ1n) is 4.95. The van der Waals surface area contributed by atoms with Crippen LogP contribution in [0.3, 0.4) is 0 Å². The van der Waals surface area contributed by atoms with E-state index in [1.54, 1.807) is 39.8 Å². The minimum Gasteiger partial charge on any atom is -0.442 e. The molecule has 0 aliphatic rings. The molecule has 0 fully saturated rings. The van der Waals surface area contributed by atoms with Crippen molar-refractivity contribution in [3.05, 3.63) is 29.4 Å². The average molecular weight is 224 g/mol. The van der Waals surface area contributed by atoms with Crippen molar-refractivity contribution in [1.82, 2.24) is 4.73 Å². The van der Waals surface area contributed by atoms with Gasteiger partial charge in [0.15, 0.2) is 5.49 Å². The van der Waals surface area contributed by atoms with Crippen LogP contribution in [0.1, 0.15) is 26.5 Å². The molecule has 16 heavy (non-hydrogen) atoms. The Morgan fingerprint density at radius 3 is 2.62 bits per heavy atom. The van der Waals surface area contributed by atoms with Gasteiger partial charge in [-0.15, -0.1) is 0 Å². The monoisotopic (exact) mass is 224 g/mol. The lowest BCUT2D eigenvalue weighted by atomic mass is 10.2. The molecule has 88 valence electrons. The number of hydrogen-bond acceptors (Lipinski definition) is 3. The van der Waals surface area contributed by atoms with E-state index in [1.165, 1.54) is 6.07 Å². The highest BCUT2D eigenvalue weighted by Gasteiger charge is 2.15. The summed E-state index contributed by atoms with van der Waals surface area (Å²) in [5.74, 6) is 0. The van der Waals surface area contributed by atoms with E-state index in [0.29, 0.717) is 5.69 Å². The second kappa shape index (κ2) is 4.38. The number of pyridine rings is 1. The van der Waals surface area contributed by atoms with Crippen molar-refractivity contribution in [3.63, 3.8) is 0 Å². The van der Waals surface area contributed by atoms with Gasteiger partial charge in [0, 0.05) is 0 Å². The standard InChI is InChI=1S/C11H16N2O3/c1-8-6-5-7-9(13(8)15)12-10(14)16-11(2,3)4/h5-7,15H,1-4H3/b12-9+. The van der Waals surface area contributed by atoms with Crippen molar-refractivity contribution in [3.8, 4) is 0 Å². The Labute approximate surface area is 94.0 Å². The average Bonchev–Trinajstić information content (AvgIpc) is 2.09. The van der Waals surface area contributed by atoms with Crippen LogP contribution in [0.2, 0.25) is 0 Å². The van der Waals surface area contributed by atoms with Gasteiger partial charge in [-0.3, -0.25) is 0 Å². The van der Waals surface area contributed by atoms with Crippen molar-refractivity contribution in [1.29, 1.82) is 0 Å². The van der Waals surface area contributed by atoms with Gasteiger partial charge < -0.3 is 9.94 Å². The van der Waals surface area contributed by atoms with Crippen molar-refractivity contribution in [2.75, 3.05) is 0 Å². The molecule has 5 heteroatoms. The number of carbonyl (C=O) groups is 1. The molecule has 0 aliphatic heterocycles. The van der Waals surface area contributed by atoms with Crippen LogP contribution < -0.4 is 5.49 Å². The fourth-order valence-electron chi connectivity index (χ4n) is 1.06. The summed E-state index contributed by atoms with van der Waals surface area (Å²) in [4.78, 5) is 15.0. The minimum absolute atomic E-state index is 0.147. The Bertz CT molecular complexity index is 455. The van der Waals surface area contributed by atoms with Gasteiger partial charge in [0.05, 0.1) is 5.69 Å². The molecule has 0 aromatic carbocycles. The summed E-state index contributed by atoms with van der Waals surface area (Å²) in [7, 11) is 0. The van der Waals surface area contributed by atoms with E-state index in [0.717, 1.165) is 4.73 Å². The van der Waals surface area contributed by atoms with E-state index in [2.05, 4.69) is 4.99 Å². The third kappa shape index (κ3) is 3.42. The number of rotatable bonds is 0. The molecule has 0 saturated heterocycles. The van der Waals surface area contributed by atoms with Gasteiger partial charge in [0.25, 0.3) is 0 Å². The molecule has 0 atom stereocenters. The van der Waals surface area contributed by atoms with Gasteiger partial charge in [-0.25, -0.2) is 4.79 Å². The van der Waals surface area contributed by atoms with Crippen LogP contribution in [0.4, 0.5) is 4.79 Å². The van der Waals surface area contributed by atoms with Crippen LogP contribution >= 0.6 is 0 Å². The van der Waals surface area contributed by atoms with Gasteiger partial charge >= 0.3 is 6.09 Å². The Morgan fingerprint density at radius 2 is 2.06 bits per heavy atom. The number of hydrogen-bond donors (Lipinski definition) is 1. The lowest BCUT2D eigenvalue weighted by Gasteiger charge is -2.17. The largest absolute Gasteiger partial charge is 0.442 e. The first kappa shape index (κ1) is 12.3. The van der Waals surface area contributed by atoms with Crippen molar-refractivity contribution >= 4 is 6.09 Å². The molecule has 0 spiro atoms. The summed E-state index contributed by atoms with van der Waals surface area (Å²) in [5, 5.41) is 9.56. The Balaban J connectivity index is 3.01. The summed E-state index contributed by atoms with van der Waals surface area (Å²) in [6.07, 6.45) is -0.721. The topological polar surface area (TPSA) is 63.8 Å². The normalized spacial score (nSPS) is 12.6. The molecule has 5 nitrogen and oxygen atoms in total. The van der Waals surface area contributed by atoms with E-state index < -0.39 is 11.7 Å². The SMILES string of the molecule is Cc1ccc/c(=N\C(=O)OC(C)(C)C)n1O. The molecule has 1 N–H and O–H groups in total. The van der Waals surface area contributed by atoms with Gasteiger partial charge in [-0.1, -0.05) is 6.07 Å². The van der Waals surface area contributed by atoms with Crippen LogP contribution in [-0.4, -0.2) is 21.6 Å². The quantitative estimate of drug-likeness (QED) is 0.684. The predicted molar refractivity (Wildman–Crippen MR) is 58.2 cm³/mol. The number of nitrogens with zero attached hydrogens (tertiary/aromatic N) is 2. The number of amides is 1. The number of carbonyl (C=O) groups excluding carboxylic acids is 1. The zero-order chi connectivity index (χ0) is 12.3. The van der Waals surface area contributed by atoms with Crippen molar-refractivity contribution < 1.29 is 14.7 Å². The summed E-state index contributed by atoms with van der Waals surface area (Å²) < 4.78 is 5.84. The zero-order valence-electron chi connectivity index (χ0n) is 9.89. The third-order valence-electron chi connectivity index (χ3n) is 1.73. The molecule has 1 heterocycles. The number of aromatic nitrogens is 1. The van der Waals surface area contributed by atoms with Crippen molar-refractivity contribution in [2.45, 2.75) is 33.3 Å². The molecule has 1 amide bonds. The molecular formula is C11H16N2O3. The highest BCUT2D eigenvalue weighted by molar-refractivity contribution is 5.68. The molecule has 0 unspecified atom stereocenters. The Kier molecular flexibility index (Phi) is 3.37. The maximum atomic E-state index is 11.4. The van der Waals surface area contributed by atoms with E-state index in [-0.39, 0.29) is 5.49 Å². The third-order valence-corrected chi connectivity index (χ3v) is 1.73. The molecule has 1 rings (SSSR count). The molecule has 1 aromatic heterocycles. The lowest BCUT2D eigenvalue weighted by Crippen LogP contribution is -2.26. The van der Waals surface area contributed by atoms with Gasteiger partial charge in [-0.2, -0.15) is 9.72 Å². The fourth-order valence-corrected chi connectivity index (χ4v) is 1.06. The summed E-state index contributed by atoms with van der Waals surface area (Å²) in [6.45, 7) is 6.96. The first-order valence-corrected chi connectivity index (χ1v) is 4.95. The number of ether oxygens (including phenoxy) is 1. The van der Waals surface area contributed by atoms with Gasteiger partial charge in [0.1, 0.15) is 5.60 Å². The maximum absolute atomic E-state index is 11.4. The van der Waals surface area contributed by atoms with E-state index in [1.807, 2.05) is 0 Å². The van der Waals surface area contributed by atoms with E-state index in [4.69, 9.17) is 4.74 Å². The molecule has 0 bridgehead atoms. The minimum atomic E-state index is -0.721. The predicted octanol–water partition coefficient (Wildman–Crippen LogP) is 1.87. The van der Waals surface area contributed by atoms with E-state index >= 15 is 0 Å². The van der Waals surface area contributed by atoms with Crippen LogP contribution in [-0.2, 0) is 4.74 Å². The second-order valence-electron chi connectivity index (χ2n) is 4.43. The van der Waals surface area contributed by atoms with Gasteiger partial charge in [-0.05, 0) is 39.8 Å². The van der Waals surface area contributed by atoms with Crippen LogP contribution in [0.5, 0.6) is 0 Å². The number of aryl methyl sites for hydroxylation is 1. The second-order valence-corrected chi connectivity index (χ2v) is 4.43. The molecule has 0 saturated carbocycles. The fraction of sp³-hybridized carbons (Fsp3) is 0.455. The summed E-state index contributed by atoms with van der Waals surface area (Å²) >= 11 is 0. The highest BCUT2D eigenvalue weighted by atomic mass is 16.6. The van der Waals surface area contributed by atoms with Crippen molar-refractivity contribution in [2.24, 2.45) is 4.99 Å². The molecular weight excluding hydrogens is 208 g/mol. The molecule has 0 aliphatic carbocycles. The molecule has 0 radical (unpaired) electrons. The van der Waals surface area contributed by atoms with Crippen LogP contribution in [0.15, 0.2) is 23.2 Å². The maximum Gasteiger partial charge on any atom is 0.436 e. The zero-order valence-corrected chi connectivity index (χ0v) is 9.89. The smallest absolute Gasteiger partial charge is 0.436 e. The first-order chi connectivity index (χ1) is 7.29. The summed E-state index contributed by atoms with van der Waals surface area (Å²) in [5.41, 5.74) is 0.143. The lowest BCUT2D eigenvalue weighted by molar-refractivity contribution is 0.0586. The molecule has 1 aromatic rings. The van der Waals surface area contributed by atoms with Crippen LogP contribution in [0.25, 0.3) is 0 Å². The Hall–Kier alpha value is -1.78. The van der Waals surface area contributed by atoms with Crippen LogP contribution in [0, 0.1) is 6.92 Å². The van der Waals surface area contributed by atoms with E-state index in [9.17, 15) is 10.0 Å². The Morgan fingerprint density at radius 1 is 1.44 bits per heavy atom. The summed E-state index contributed by atoms with van der Waals surface area (Å²) in [6, 6.07) is 4.93.